The van der Waals surface area contributed by atoms with Crippen LogP contribution < -0.4 is 0 Å². The summed E-state index contributed by atoms with van der Waals surface area (Å²) in [6.07, 6.45) is 3.33. The number of aromatic nitrogens is 2. The zero-order valence-electron chi connectivity index (χ0n) is 6.41. The molecule has 0 unspecified atom stereocenters. The van der Waals surface area contributed by atoms with E-state index in [0.717, 1.165) is 0 Å². The molecule has 0 aliphatic rings. The average molecular weight is 211 g/mol. The van der Waals surface area contributed by atoms with E-state index >= 15 is 0 Å². The molecule has 0 bridgehead atoms. The molecule has 0 saturated carbocycles. The highest BCUT2D eigenvalue weighted by molar-refractivity contribution is 7.15. The van der Waals surface area contributed by atoms with Crippen molar-refractivity contribution >= 4 is 28.4 Å². The number of nitrogens with zero attached hydrogens (tertiary/aromatic N) is 3. The highest BCUT2D eigenvalue weighted by Crippen LogP contribution is 2.14. The number of hydrogen-bond acceptors (Lipinski definition) is 6. The van der Waals surface area contributed by atoms with Gasteiger partial charge in [0.2, 0.25) is 0 Å². The first-order chi connectivity index (χ1) is 6.42. The van der Waals surface area contributed by atoms with Crippen LogP contribution in [0.2, 0.25) is 0 Å². The maximum Gasteiger partial charge on any atom is 0.174 e. The first-order valence-corrected chi connectivity index (χ1v) is 5.19. The fourth-order valence-corrected chi connectivity index (χ4v) is 2.17. The lowest BCUT2D eigenvalue weighted by atomic mass is 10.4. The van der Waals surface area contributed by atoms with E-state index in [2.05, 4.69) is 15.1 Å². The lowest BCUT2D eigenvalue weighted by Gasteiger charge is -1.93. The molecule has 1 N–H and O–H groups in total. The van der Waals surface area contributed by atoms with Crippen molar-refractivity contribution in [2.24, 2.45) is 5.16 Å². The van der Waals surface area contributed by atoms with Crippen LogP contribution in [0.4, 0.5) is 0 Å². The van der Waals surface area contributed by atoms with E-state index in [9.17, 15) is 0 Å². The molecule has 13 heavy (non-hydrogen) atoms. The third-order valence-electron chi connectivity index (χ3n) is 1.37. The second-order valence-corrected chi connectivity index (χ2v) is 3.91. The summed E-state index contributed by atoms with van der Waals surface area (Å²) in [6.45, 7) is 0. The van der Waals surface area contributed by atoms with Gasteiger partial charge in [0, 0.05) is 23.2 Å². The zero-order chi connectivity index (χ0) is 9.10. The maximum absolute atomic E-state index is 8.79. The van der Waals surface area contributed by atoms with Crippen molar-refractivity contribution in [1.82, 2.24) is 9.97 Å². The Morgan fingerprint density at radius 2 is 1.69 bits per heavy atom. The molecular weight excluding hydrogens is 206 g/mol. The van der Waals surface area contributed by atoms with Gasteiger partial charge in [-0.05, 0) is 0 Å². The molecule has 0 aliphatic carbocycles. The van der Waals surface area contributed by atoms with Crippen molar-refractivity contribution in [2.75, 3.05) is 0 Å². The molecule has 0 saturated heterocycles. The van der Waals surface area contributed by atoms with Gasteiger partial charge in [-0.3, -0.25) is 0 Å². The fraction of sp³-hybridized carbons (Fsp3) is 0. The molecule has 0 spiro atoms. The minimum absolute atomic E-state index is 0.435. The number of oxime groups is 1. The number of rotatable bonds is 2. The summed E-state index contributed by atoms with van der Waals surface area (Å²) in [6, 6.07) is 0. The molecule has 2 aromatic heterocycles. The van der Waals surface area contributed by atoms with Crippen LogP contribution in [0.5, 0.6) is 0 Å². The summed E-state index contributed by atoms with van der Waals surface area (Å²) in [4.78, 5) is 8.08. The predicted octanol–water partition coefficient (Wildman–Crippen LogP) is 1.83. The minimum atomic E-state index is 0.435. The van der Waals surface area contributed by atoms with Gasteiger partial charge < -0.3 is 5.21 Å². The molecule has 0 aliphatic heterocycles. The van der Waals surface area contributed by atoms with E-state index in [-0.39, 0.29) is 0 Å². The Bertz CT molecular complexity index is 357. The van der Waals surface area contributed by atoms with Crippen LogP contribution in [0.15, 0.2) is 28.3 Å². The first kappa shape index (κ1) is 8.33. The first-order valence-electron chi connectivity index (χ1n) is 3.43. The summed E-state index contributed by atoms with van der Waals surface area (Å²) < 4.78 is 0. The van der Waals surface area contributed by atoms with E-state index in [1.807, 2.05) is 10.8 Å². The normalized spacial score (nSPS) is 9.85. The molecule has 0 aromatic carbocycles. The van der Waals surface area contributed by atoms with Crippen LogP contribution >= 0.6 is 22.7 Å². The van der Waals surface area contributed by atoms with Crippen LogP contribution in [-0.2, 0) is 0 Å². The maximum atomic E-state index is 8.79. The molecule has 0 atom stereocenters. The van der Waals surface area contributed by atoms with Gasteiger partial charge in [-0.2, -0.15) is 0 Å². The van der Waals surface area contributed by atoms with Crippen LogP contribution in [0.3, 0.4) is 0 Å². The van der Waals surface area contributed by atoms with E-state index in [4.69, 9.17) is 5.21 Å². The summed E-state index contributed by atoms with van der Waals surface area (Å²) >= 11 is 2.84. The molecule has 0 amide bonds. The quantitative estimate of drug-likeness (QED) is 0.468. The Labute approximate surface area is 82.2 Å². The molecule has 6 heteroatoms. The standard InChI is InChI=1S/C7H5N3OS2/c11-10-5(6-8-1-3-12-6)7-9-2-4-13-7/h1-4,11H. The Balaban J connectivity index is 2.42. The fourth-order valence-electron chi connectivity index (χ4n) is 0.858. The van der Waals surface area contributed by atoms with Gasteiger partial charge in [0.25, 0.3) is 0 Å². The van der Waals surface area contributed by atoms with Crippen molar-refractivity contribution in [3.63, 3.8) is 0 Å². The largest absolute Gasteiger partial charge is 0.410 e. The minimum Gasteiger partial charge on any atom is -0.410 e. The van der Waals surface area contributed by atoms with Crippen molar-refractivity contribution in [2.45, 2.75) is 0 Å². The topological polar surface area (TPSA) is 58.4 Å². The third kappa shape index (κ3) is 1.58. The van der Waals surface area contributed by atoms with E-state index in [1.165, 1.54) is 22.7 Å². The lowest BCUT2D eigenvalue weighted by molar-refractivity contribution is 0.319. The smallest absolute Gasteiger partial charge is 0.174 e. The van der Waals surface area contributed by atoms with Crippen LogP contribution in [0.1, 0.15) is 10.0 Å². The summed E-state index contributed by atoms with van der Waals surface area (Å²) in [5, 5.41) is 17.0. The SMILES string of the molecule is ON=C(c1nccs1)c1nccs1. The van der Waals surface area contributed by atoms with Gasteiger partial charge in [-0.25, -0.2) is 9.97 Å². The monoisotopic (exact) mass is 211 g/mol. The van der Waals surface area contributed by atoms with Crippen molar-refractivity contribution in [3.05, 3.63) is 33.2 Å². The van der Waals surface area contributed by atoms with Crippen LogP contribution in [-0.4, -0.2) is 20.9 Å². The van der Waals surface area contributed by atoms with Crippen LogP contribution in [0.25, 0.3) is 0 Å². The summed E-state index contributed by atoms with van der Waals surface area (Å²) in [5.74, 6) is 0. The zero-order valence-corrected chi connectivity index (χ0v) is 8.05. The predicted molar refractivity (Wildman–Crippen MR) is 51.7 cm³/mol. The van der Waals surface area contributed by atoms with Crippen molar-refractivity contribution in [3.8, 4) is 0 Å². The van der Waals surface area contributed by atoms with E-state index in [1.54, 1.807) is 12.4 Å². The van der Waals surface area contributed by atoms with Crippen molar-refractivity contribution < 1.29 is 5.21 Å². The van der Waals surface area contributed by atoms with Crippen LogP contribution in [0, 0.1) is 0 Å². The summed E-state index contributed by atoms with van der Waals surface area (Å²) in [5.41, 5.74) is 0.435. The molecule has 0 radical (unpaired) electrons. The number of hydrogen-bond donors (Lipinski definition) is 1. The van der Waals surface area contributed by atoms with Gasteiger partial charge in [0.15, 0.2) is 5.71 Å². The molecule has 2 aromatic rings. The average Bonchev–Trinajstić information content (AvgIpc) is 2.76. The Morgan fingerprint density at radius 1 is 1.15 bits per heavy atom. The van der Waals surface area contributed by atoms with Gasteiger partial charge in [-0.1, -0.05) is 5.16 Å². The molecule has 2 heterocycles. The lowest BCUT2D eigenvalue weighted by Crippen LogP contribution is -2.01. The molecule has 4 nitrogen and oxygen atoms in total. The Hall–Kier alpha value is -1.27. The van der Waals surface area contributed by atoms with Gasteiger partial charge in [0.05, 0.1) is 0 Å². The number of thiazole rings is 2. The highest BCUT2D eigenvalue weighted by atomic mass is 32.1. The third-order valence-corrected chi connectivity index (χ3v) is 2.93. The molecule has 2 rings (SSSR count). The van der Waals surface area contributed by atoms with E-state index < -0.39 is 0 Å². The van der Waals surface area contributed by atoms with E-state index in [0.29, 0.717) is 15.7 Å². The second-order valence-electron chi connectivity index (χ2n) is 2.12. The Morgan fingerprint density at radius 3 is 2.00 bits per heavy atom. The van der Waals surface area contributed by atoms with Gasteiger partial charge in [0.1, 0.15) is 10.0 Å². The highest BCUT2D eigenvalue weighted by Gasteiger charge is 2.12. The molecular formula is C7H5N3OS2. The molecule has 66 valence electrons. The summed E-state index contributed by atoms with van der Waals surface area (Å²) in [7, 11) is 0. The molecule has 0 fully saturated rings. The van der Waals surface area contributed by atoms with Gasteiger partial charge in [-0.15, -0.1) is 22.7 Å². The van der Waals surface area contributed by atoms with Crippen molar-refractivity contribution in [1.29, 1.82) is 0 Å². The Kier molecular flexibility index (Phi) is 2.33. The second kappa shape index (κ2) is 3.63. The van der Waals surface area contributed by atoms with Gasteiger partial charge >= 0.3 is 0 Å².